The third-order valence-electron chi connectivity index (χ3n) is 3.67. The summed E-state index contributed by atoms with van der Waals surface area (Å²) in [6.07, 6.45) is 9.82. The van der Waals surface area contributed by atoms with E-state index in [9.17, 15) is 4.39 Å². The lowest BCUT2D eigenvalue weighted by atomic mass is 10.2. The number of nitrogens with two attached hydrogens (primary N) is 1. The van der Waals surface area contributed by atoms with Gasteiger partial charge in [-0.2, -0.15) is 0 Å². The molecule has 134 valence electrons. The Morgan fingerprint density at radius 2 is 2.27 bits per heavy atom. The van der Waals surface area contributed by atoms with Crippen molar-refractivity contribution in [2.45, 2.75) is 13.5 Å². The summed E-state index contributed by atoms with van der Waals surface area (Å²) in [6, 6.07) is 1.64. The molecule has 3 N–H and O–H groups in total. The van der Waals surface area contributed by atoms with Crippen LogP contribution in [0, 0.1) is 5.82 Å². The molecule has 3 heterocycles. The molecule has 0 radical (unpaired) electrons. The Kier molecular flexibility index (Phi) is 5.55. The van der Waals surface area contributed by atoms with Crippen molar-refractivity contribution in [2.24, 2.45) is 5.73 Å². The van der Waals surface area contributed by atoms with Gasteiger partial charge in [0.15, 0.2) is 5.13 Å². The number of hydrogen-bond acceptors (Lipinski definition) is 6. The van der Waals surface area contributed by atoms with Crippen molar-refractivity contribution < 1.29 is 4.39 Å². The van der Waals surface area contributed by atoms with Gasteiger partial charge in [-0.15, -0.1) is 0 Å². The minimum absolute atomic E-state index is 0.365. The third-order valence-corrected chi connectivity index (χ3v) is 4.62. The summed E-state index contributed by atoms with van der Waals surface area (Å²) in [5.74, 6) is -0.365. The van der Waals surface area contributed by atoms with Crippen molar-refractivity contribution in [1.29, 1.82) is 0 Å². The first-order valence-corrected chi connectivity index (χ1v) is 8.82. The summed E-state index contributed by atoms with van der Waals surface area (Å²) in [6.45, 7) is 6.92. The summed E-state index contributed by atoms with van der Waals surface area (Å²) >= 11 is 1.37. The topological polar surface area (TPSA) is 81.7 Å². The number of pyridine rings is 1. The maximum Gasteiger partial charge on any atom is 0.187 e. The van der Waals surface area contributed by atoms with Crippen LogP contribution in [0.15, 0.2) is 43.3 Å². The van der Waals surface area contributed by atoms with E-state index in [2.05, 4.69) is 26.8 Å². The Balaban J connectivity index is 1.82. The Morgan fingerprint density at radius 1 is 1.42 bits per heavy atom. The zero-order valence-corrected chi connectivity index (χ0v) is 15.1. The number of rotatable bonds is 7. The van der Waals surface area contributed by atoms with E-state index in [1.54, 1.807) is 30.9 Å². The van der Waals surface area contributed by atoms with Gasteiger partial charge in [-0.25, -0.2) is 14.4 Å². The molecule has 0 aliphatic rings. The number of imidazole rings is 1. The second-order valence-electron chi connectivity index (χ2n) is 5.54. The van der Waals surface area contributed by atoms with Gasteiger partial charge in [0.2, 0.25) is 0 Å². The SMILES string of the molecule is C=Cc1ncn(CCN)c1/C=C(\C)Nc1ncc(-c2ccncc2F)s1. The highest BCUT2D eigenvalue weighted by atomic mass is 32.1. The lowest BCUT2D eigenvalue weighted by Crippen LogP contribution is -2.10. The lowest BCUT2D eigenvalue weighted by Gasteiger charge is -2.07. The van der Waals surface area contributed by atoms with Gasteiger partial charge < -0.3 is 15.6 Å². The van der Waals surface area contributed by atoms with Crippen molar-refractivity contribution in [2.75, 3.05) is 11.9 Å². The van der Waals surface area contributed by atoms with E-state index in [1.165, 1.54) is 17.5 Å². The fourth-order valence-corrected chi connectivity index (χ4v) is 3.39. The number of nitrogens with one attached hydrogen (secondary N) is 1. The lowest BCUT2D eigenvalue weighted by molar-refractivity contribution is 0.625. The Bertz CT molecular complexity index is 943. The van der Waals surface area contributed by atoms with Crippen molar-refractivity contribution in [3.8, 4) is 10.4 Å². The van der Waals surface area contributed by atoms with Crippen LogP contribution in [0.2, 0.25) is 0 Å². The molecule has 8 heteroatoms. The molecule has 3 aromatic rings. The Morgan fingerprint density at radius 3 is 3.00 bits per heavy atom. The molecule has 0 bridgehead atoms. The number of hydrogen-bond donors (Lipinski definition) is 2. The van der Waals surface area contributed by atoms with E-state index in [0.29, 0.717) is 23.8 Å². The van der Waals surface area contributed by atoms with Crippen LogP contribution in [0.4, 0.5) is 9.52 Å². The summed E-state index contributed by atoms with van der Waals surface area (Å²) in [7, 11) is 0. The fraction of sp³-hybridized carbons (Fsp3) is 0.167. The van der Waals surface area contributed by atoms with Crippen LogP contribution in [0.1, 0.15) is 18.3 Å². The second-order valence-corrected chi connectivity index (χ2v) is 6.57. The molecule has 0 saturated heterocycles. The molecular weight excluding hydrogens is 351 g/mol. The van der Waals surface area contributed by atoms with Crippen molar-refractivity contribution >= 4 is 28.6 Å². The molecule has 0 fully saturated rings. The Hall–Kier alpha value is -2.84. The molecular formula is C18H19FN6S. The minimum Gasteiger partial charge on any atom is -0.335 e. The molecule has 0 spiro atoms. The smallest absolute Gasteiger partial charge is 0.187 e. The number of allylic oxidation sites excluding steroid dienone is 1. The van der Waals surface area contributed by atoms with Crippen molar-refractivity contribution in [3.05, 3.63) is 60.5 Å². The van der Waals surface area contributed by atoms with E-state index in [4.69, 9.17) is 5.73 Å². The van der Waals surface area contributed by atoms with Gasteiger partial charge in [0, 0.05) is 36.7 Å². The third kappa shape index (κ3) is 3.87. The van der Waals surface area contributed by atoms with E-state index < -0.39 is 0 Å². The van der Waals surface area contributed by atoms with Gasteiger partial charge >= 0.3 is 0 Å². The van der Waals surface area contributed by atoms with Gasteiger partial charge in [0.05, 0.1) is 28.8 Å². The van der Waals surface area contributed by atoms with Crippen LogP contribution < -0.4 is 11.1 Å². The largest absolute Gasteiger partial charge is 0.335 e. The maximum atomic E-state index is 13.9. The fourth-order valence-electron chi connectivity index (χ4n) is 2.48. The van der Waals surface area contributed by atoms with Gasteiger partial charge in [-0.3, -0.25) is 4.98 Å². The molecule has 0 saturated carbocycles. The second kappa shape index (κ2) is 8.03. The van der Waals surface area contributed by atoms with Crippen LogP contribution in [-0.4, -0.2) is 26.1 Å². The Labute approximate surface area is 154 Å². The van der Waals surface area contributed by atoms with Crippen LogP contribution in [-0.2, 0) is 6.54 Å². The highest BCUT2D eigenvalue weighted by Crippen LogP contribution is 2.31. The van der Waals surface area contributed by atoms with Crippen LogP contribution in [0.25, 0.3) is 22.6 Å². The molecule has 6 nitrogen and oxygen atoms in total. The first-order valence-electron chi connectivity index (χ1n) is 8.01. The van der Waals surface area contributed by atoms with Gasteiger partial charge in [0.1, 0.15) is 5.82 Å². The average Bonchev–Trinajstić information content (AvgIpc) is 3.23. The number of aromatic nitrogens is 4. The predicted molar refractivity (Wildman–Crippen MR) is 104 cm³/mol. The van der Waals surface area contributed by atoms with Crippen LogP contribution in [0.3, 0.4) is 0 Å². The van der Waals surface area contributed by atoms with E-state index >= 15 is 0 Å². The van der Waals surface area contributed by atoms with Crippen molar-refractivity contribution in [1.82, 2.24) is 19.5 Å². The zero-order valence-electron chi connectivity index (χ0n) is 14.3. The molecule has 3 rings (SSSR count). The van der Waals surface area contributed by atoms with Gasteiger partial charge in [-0.1, -0.05) is 17.9 Å². The first kappa shape index (κ1) is 18.0. The van der Waals surface area contributed by atoms with Crippen molar-refractivity contribution in [3.63, 3.8) is 0 Å². The molecule has 0 aliphatic heterocycles. The van der Waals surface area contributed by atoms with Crippen LogP contribution in [0.5, 0.6) is 0 Å². The van der Waals surface area contributed by atoms with Gasteiger partial charge in [-0.05, 0) is 25.1 Å². The summed E-state index contributed by atoms with van der Waals surface area (Å²) in [5.41, 5.74) is 8.73. The molecule has 3 aromatic heterocycles. The van der Waals surface area contributed by atoms with Gasteiger partial charge in [0.25, 0.3) is 0 Å². The molecule has 0 amide bonds. The quantitative estimate of drug-likeness (QED) is 0.664. The summed E-state index contributed by atoms with van der Waals surface area (Å²) < 4.78 is 15.8. The molecule has 0 aromatic carbocycles. The number of thiazole rings is 1. The number of anilines is 1. The van der Waals surface area contributed by atoms with E-state index in [0.717, 1.165) is 22.0 Å². The predicted octanol–water partition coefficient (Wildman–Crippen LogP) is 3.62. The molecule has 26 heavy (non-hydrogen) atoms. The molecule has 0 atom stereocenters. The summed E-state index contributed by atoms with van der Waals surface area (Å²) in [5, 5.41) is 3.91. The van der Waals surface area contributed by atoms with E-state index in [-0.39, 0.29) is 5.82 Å². The van der Waals surface area contributed by atoms with Crippen LogP contribution >= 0.6 is 11.3 Å². The standard InChI is InChI=1S/C18H19FN6S/c1-3-15-16(25(7-5-20)11-23-15)8-12(2)24-18-22-10-17(26-18)13-4-6-21-9-14(13)19/h3-4,6,8-11H,1,5,7,20H2,2H3,(H,22,24)/b12-8+. The monoisotopic (exact) mass is 370 g/mol. The maximum absolute atomic E-state index is 13.9. The average molecular weight is 370 g/mol. The highest BCUT2D eigenvalue weighted by Gasteiger charge is 2.10. The normalized spacial score (nSPS) is 11.6. The first-order chi connectivity index (χ1) is 12.6. The molecule has 0 aliphatic carbocycles. The zero-order chi connectivity index (χ0) is 18.5. The minimum atomic E-state index is -0.365. The number of nitrogens with zero attached hydrogens (tertiary/aromatic N) is 4. The number of halogens is 1. The summed E-state index contributed by atoms with van der Waals surface area (Å²) in [4.78, 5) is 13.1. The highest BCUT2D eigenvalue weighted by molar-refractivity contribution is 7.18. The van der Waals surface area contributed by atoms with E-state index in [1.807, 2.05) is 17.6 Å². The molecule has 0 unspecified atom stereocenters.